The number of likely N-dealkylation sites (N-methyl/N-ethyl adjacent to an activating group) is 2. The molecule has 1 heterocycles. The standard InChI is InChI=1S/C56H74N10O8.C3H8N2O/c1-8-9-26-59-52(69)44-17-12-15-40(28-44)31-66-32-47(63-65-66)34-73-48-20-14-19-46(30-48)54(71)62-36-56(5,6)38-72-37-55(3,4)35-61-51(68)43-24-22-42(23-25-43)39(2)64-74-33-41-16-13-18-45(29-41)53(70)60-27-11-10-21-49(58-7)50(57)67;1-5-2-3(4)6/h12-20,22-25,28-30,32,49,58H,8-11,21,26-27,31,33-38H2,1-7H3,(H2,57,67)(H,59,69)(H,60,70)(H,61,68)(H,62,71);5H,2H2,1H3,(H2,4,6)/b64-39+;. The lowest BCUT2D eigenvalue weighted by Gasteiger charge is -2.29. The van der Waals surface area contributed by atoms with Gasteiger partial charge in [0.25, 0.3) is 23.6 Å². The number of carbonyl (C=O) groups excluding carboxylic acids is 6. The predicted octanol–water partition coefficient (Wildman–Crippen LogP) is 5.27. The Morgan fingerprint density at radius 1 is 0.662 bits per heavy atom. The highest BCUT2D eigenvalue weighted by Gasteiger charge is 2.25. The number of nitrogens with one attached hydrogen (secondary N) is 6. The fourth-order valence-electron chi connectivity index (χ4n) is 7.70. The van der Waals surface area contributed by atoms with E-state index in [1.165, 1.54) is 0 Å². The summed E-state index contributed by atoms with van der Waals surface area (Å²) < 4.78 is 13.8. The van der Waals surface area contributed by atoms with Crippen molar-refractivity contribution in [2.45, 2.75) is 99.4 Å². The lowest BCUT2D eigenvalue weighted by Crippen LogP contribution is -2.39. The number of rotatable bonds is 33. The zero-order valence-electron chi connectivity index (χ0n) is 47.6. The average Bonchev–Trinajstić information content (AvgIpc) is 3.89. The minimum Gasteiger partial charge on any atom is -0.487 e. The van der Waals surface area contributed by atoms with Gasteiger partial charge >= 0.3 is 0 Å². The van der Waals surface area contributed by atoms with Gasteiger partial charge in [-0.15, -0.1) is 5.10 Å². The molecule has 0 aliphatic heterocycles. The number of amides is 6. The van der Waals surface area contributed by atoms with E-state index in [-0.39, 0.29) is 72.1 Å². The number of hydrogen-bond donors (Lipinski definition) is 8. The maximum atomic E-state index is 13.2. The SMILES string of the molecule is CCCCNC(=O)c1cccc(Cn2cc(COc3cccc(C(=O)NCC(C)(C)COCC(C)(C)CNC(=O)c4ccc(/C(C)=N/OCc5cccc(C(=O)NCCCCC(NC)C(N)=O)c5)cc4)c3)nn2)c1.CNCC(N)=O. The molecule has 1 atom stereocenters. The summed E-state index contributed by atoms with van der Waals surface area (Å²) in [5.74, 6) is -0.939. The van der Waals surface area contributed by atoms with E-state index in [1.54, 1.807) is 85.6 Å². The second-order valence-corrected chi connectivity index (χ2v) is 20.9. The van der Waals surface area contributed by atoms with Crippen LogP contribution < -0.4 is 48.1 Å². The minimum atomic E-state index is -0.388. The molecule has 0 saturated heterocycles. The van der Waals surface area contributed by atoms with Crippen molar-refractivity contribution in [1.29, 1.82) is 0 Å². The summed E-state index contributed by atoms with van der Waals surface area (Å²) in [4.78, 5) is 78.3. The first-order valence-electron chi connectivity index (χ1n) is 26.9. The van der Waals surface area contributed by atoms with E-state index in [0.29, 0.717) is 91.8 Å². The molecule has 432 valence electrons. The first-order chi connectivity index (χ1) is 38.2. The highest BCUT2D eigenvalue weighted by atomic mass is 16.6. The Morgan fingerprint density at radius 3 is 1.79 bits per heavy atom. The summed E-state index contributed by atoms with van der Waals surface area (Å²) in [6, 6.07) is 28.3. The number of hydrogen-bond acceptors (Lipinski definition) is 14. The van der Waals surface area contributed by atoms with Gasteiger partial charge in [-0.3, -0.25) is 28.8 Å². The summed E-state index contributed by atoms with van der Waals surface area (Å²) in [5.41, 5.74) is 15.1. The summed E-state index contributed by atoms with van der Waals surface area (Å²) in [6.45, 7) is 15.6. The van der Waals surface area contributed by atoms with Crippen molar-refractivity contribution in [3.8, 4) is 5.75 Å². The number of benzene rings is 4. The van der Waals surface area contributed by atoms with Gasteiger partial charge in [-0.25, -0.2) is 4.68 Å². The molecule has 0 radical (unpaired) electrons. The first kappa shape index (κ1) is 64.5. The van der Waals surface area contributed by atoms with Crippen LogP contribution in [0, 0.1) is 10.8 Å². The van der Waals surface area contributed by atoms with Gasteiger partial charge in [-0.1, -0.05) is 93.9 Å². The van der Waals surface area contributed by atoms with E-state index >= 15 is 0 Å². The summed E-state index contributed by atoms with van der Waals surface area (Å²) >= 11 is 0. The van der Waals surface area contributed by atoms with Crippen LogP contribution >= 0.6 is 0 Å². The number of ether oxygens (including phenoxy) is 2. The molecule has 0 spiro atoms. The van der Waals surface area contributed by atoms with Gasteiger partial charge in [0.2, 0.25) is 11.8 Å². The summed E-state index contributed by atoms with van der Waals surface area (Å²) in [5, 5.41) is 30.1. The van der Waals surface area contributed by atoms with E-state index in [4.69, 9.17) is 25.8 Å². The van der Waals surface area contributed by atoms with Gasteiger partial charge < -0.3 is 57.7 Å². The van der Waals surface area contributed by atoms with Crippen LogP contribution in [0.2, 0.25) is 0 Å². The van der Waals surface area contributed by atoms with Gasteiger partial charge in [0, 0.05) is 59.3 Å². The predicted molar refractivity (Wildman–Crippen MR) is 308 cm³/mol. The highest BCUT2D eigenvalue weighted by molar-refractivity contribution is 6.00. The van der Waals surface area contributed by atoms with Crippen LogP contribution in [0.3, 0.4) is 0 Å². The smallest absolute Gasteiger partial charge is 0.251 e. The third kappa shape index (κ3) is 23.9. The van der Waals surface area contributed by atoms with Gasteiger partial charge in [0.15, 0.2) is 0 Å². The number of nitrogens with two attached hydrogens (primary N) is 2. The van der Waals surface area contributed by atoms with Crippen LogP contribution in [0.5, 0.6) is 5.75 Å². The molecule has 4 aromatic carbocycles. The molecule has 0 aliphatic rings. The number of aromatic nitrogens is 3. The fourth-order valence-corrected chi connectivity index (χ4v) is 7.70. The monoisotopic (exact) mass is 1100 g/mol. The molecule has 6 amide bonds. The van der Waals surface area contributed by atoms with Crippen molar-refractivity contribution >= 4 is 41.2 Å². The maximum Gasteiger partial charge on any atom is 0.251 e. The van der Waals surface area contributed by atoms with Crippen molar-refractivity contribution in [2.75, 3.05) is 60.0 Å². The van der Waals surface area contributed by atoms with E-state index < -0.39 is 0 Å². The normalized spacial score (nSPS) is 11.8. The van der Waals surface area contributed by atoms with Crippen molar-refractivity contribution in [1.82, 2.24) is 46.9 Å². The van der Waals surface area contributed by atoms with Crippen LogP contribution in [-0.4, -0.2) is 122 Å². The van der Waals surface area contributed by atoms with Gasteiger partial charge in [0.1, 0.15) is 24.7 Å². The zero-order valence-corrected chi connectivity index (χ0v) is 47.6. The third-order valence-electron chi connectivity index (χ3n) is 12.3. The second kappa shape index (κ2) is 33.4. The van der Waals surface area contributed by atoms with Crippen molar-refractivity contribution < 1.29 is 43.1 Å². The molecule has 0 bridgehead atoms. The quantitative estimate of drug-likeness (QED) is 0.0151. The Labute approximate surface area is 470 Å². The van der Waals surface area contributed by atoms with E-state index in [9.17, 15) is 28.8 Å². The largest absolute Gasteiger partial charge is 0.487 e. The van der Waals surface area contributed by atoms with E-state index in [0.717, 1.165) is 42.4 Å². The van der Waals surface area contributed by atoms with Crippen LogP contribution in [0.15, 0.2) is 108 Å². The summed E-state index contributed by atoms with van der Waals surface area (Å²) in [7, 11) is 3.37. The molecule has 10 N–H and O–H groups in total. The topological polar surface area (TPSA) is 297 Å². The lowest BCUT2D eigenvalue weighted by molar-refractivity contribution is -0.120. The van der Waals surface area contributed by atoms with Gasteiger partial charge in [0.05, 0.1) is 44.3 Å². The van der Waals surface area contributed by atoms with Gasteiger partial charge in [-0.05, 0) is 118 Å². The number of carbonyl (C=O) groups is 6. The third-order valence-corrected chi connectivity index (χ3v) is 12.3. The first-order valence-corrected chi connectivity index (χ1v) is 26.9. The van der Waals surface area contributed by atoms with Crippen LogP contribution in [-0.2, 0) is 38.9 Å². The Hall–Kier alpha value is -8.01. The Bertz CT molecular complexity index is 2810. The van der Waals surface area contributed by atoms with Crippen LogP contribution in [0.1, 0.15) is 137 Å². The number of oxime groups is 1. The Kier molecular flexibility index (Phi) is 27.0. The van der Waals surface area contributed by atoms with Crippen LogP contribution in [0.25, 0.3) is 0 Å². The maximum absolute atomic E-state index is 13.2. The number of primary amides is 2. The molecule has 5 rings (SSSR count). The van der Waals surface area contributed by atoms with Crippen molar-refractivity contribution in [3.63, 3.8) is 0 Å². The molecule has 1 aromatic heterocycles. The lowest BCUT2D eigenvalue weighted by atomic mass is 9.92. The Balaban J connectivity index is 0.00000217. The van der Waals surface area contributed by atoms with Crippen molar-refractivity contribution in [3.05, 3.63) is 148 Å². The zero-order chi connectivity index (χ0) is 58.5. The molecule has 0 aliphatic carbocycles. The second-order valence-electron chi connectivity index (χ2n) is 20.9. The molecule has 80 heavy (non-hydrogen) atoms. The average molecular weight is 1100 g/mol. The molecule has 0 saturated carbocycles. The highest BCUT2D eigenvalue weighted by Crippen LogP contribution is 2.21. The van der Waals surface area contributed by atoms with Gasteiger partial charge in [-0.2, -0.15) is 0 Å². The number of nitrogens with zero attached hydrogens (tertiary/aromatic N) is 4. The molecular formula is C59H82N12O9. The van der Waals surface area contributed by atoms with E-state index in [2.05, 4.69) is 54.3 Å². The molecule has 5 aromatic rings. The number of unbranched alkanes of at least 4 members (excludes halogenated alkanes) is 2. The molecule has 21 heteroatoms. The van der Waals surface area contributed by atoms with E-state index in [1.807, 2.05) is 71.0 Å². The van der Waals surface area contributed by atoms with Crippen molar-refractivity contribution in [2.24, 2.45) is 27.5 Å². The molecule has 0 fully saturated rings. The van der Waals surface area contributed by atoms with Crippen LogP contribution in [0.4, 0.5) is 0 Å². The molecule has 1 unspecified atom stereocenters. The fraction of sp³-hybridized carbons (Fsp3) is 0.441. The molecule has 21 nitrogen and oxygen atoms in total. The minimum absolute atomic E-state index is 0.0957. The summed E-state index contributed by atoms with van der Waals surface area (Å²) in [6.07, 6.45) is 5.80. The Morgan fingerprint density at radius 2 is 1.21 bits per heavy atom. The molecular weight excluding hydrogens is 1020 g/mol.